The normalized spacial score (nSPS) is 18.4. The molecule has 0 saturated carbocycles. The van der Waals surface area contributed by atoms with Crippen LogP contribution in [0.1, 0.15) is 62.5 Å². The molecule has 0 bridgehead atoms. The summed E-state index contributed by atoms with van der Waals surface area (Å²) >= 11 is 12.3. The Labute approximate surface area is 221 Å². The molecule has 0 radical (unpaired) electrons. The Morgan fingerprint density at radius 2 is 1.56 bits per heavy atom. The van der Waals surface area contributed by atoms with Gasteiger partial charge in [0.15, 0.2) is 23.1 Å². The number of rotatable bonds is 6. The van der Waals surface area contributed by atoms with Gasteiger partial charge in [-0.3, -0.25) is 9.59 Å². The molecule has 1 aliphatic heterocycles. The van der Waals surface area contributed by atoms with Crippen molar-refractivity contribution in [3.05, 3.63) is 80.1 Å². The van der Waals surface area contributed by atoms with E-state index in [-0.39, 0.29) is 24.1 Å². The Hall–Kier alpha value is -2.76. The average molecular weight is 526 g/mol. The van der Waals surface area contributed by atoms with Crippen molar-refractivity contribution in [3.63, 3.8) is 0 Å². The highest BCUT2D eigenvalue weighted by Crippen LogP contribution is 2.50. The average Bonchev–Trinajstić information content (AvgIpc) is 2.87. The molecule has 0 atom stereocenters. The summed E-state index contributed by atoms with van der Waals surface area (Å²) in [7, 11) is 1.59. The van der Waals surface area contributed by atoms with Crippen molar-refractivity contribution in [2.75, 3.05) is 13.7 Å². The first-order valence-electron chi connectivity index (χ1n) is 12.5. The summed E-state index contributed by atoms with van der Waals surface area (Å²) in [5.74, 6) is 1.02. The highest BCUT2D eigenvalue weighted by Gasteiger charge is 2.43. The number of benzene rings is 2. The van der Waals surface area contributed by atoms with Crippen LogP contribution >= 0.6 is 23.2 Å². The van der Waals surface area contributed by atoms with Gasteiger partial charge in [-0.2, -0.15) is 0 Å². The minimum absolute atomic E-state index is 0.140. The molecule has 0 saturated heterocycles. The molecule has 0 amide bonds. The number of methoxy groups -OCH3 is 1. The molecule has 3 aliphatic rings. The lowest BCUT2D eigenvalue weighted by atomic mass is 9.71. The molecule has 5 rings (SSSR count). The van der Waals surface area contributed by atoms with Gasteiger partial charge in [0.2, 0.25) is 0 Å². The van der Waals surface area contributed by atoms with Crippen LogP contribution in [-0.2, 0) is 16.2 Å². The first-order valence-corrected chi connectivity index (χ1v) is 13.2. The van der Waals surface area contributed by atoms with Gasteiger partial charge in [-0.15, -0.1) is 0 Å². The second-order valence-electron chi connectivity index (χ2n) is 9.39. The minimum Gasteiger partial charge on any atom is -0.493 e. The number of ketones is 2. The van der Waals surface area contributed by atoms with Crippen LogP contribution in [-0.4, -0.2) is 30.1 Å². The van der Waals surface area contributed by atoms with E-state index >= 15 is 0 Å². The van der Waals surface area contributed by atoms with E-state index in [0.29, 0.717) is 34.4 Å². The van der Waals surface area contributed by atoms with Crippen LogP contribution in [0.5, 0.6) is 11.5 Å². The minimum atomic E-state index is -0.368. The standard InChI is InChI=1S/C29H29Cl2NO4/c1-3-32-21-6-4-8-23(33)28(21)27(29-22(32)7-5-9-24(29)34)17-11-13-25(26(14-17)35-2)36-16-18-10-12-19(30)15-20(18)31/h10-15,27H,3-9,16H2,1-2H3. The Morgan fingerprint density at radius 1 is 0.889 bits per heavy atom. The number of ether oxygens (including phenoxy) is 2. The van der Waals surface area contributed by atoms with E-state index in [0.717, 1.165) is 65.9 Å². The van der Waals surface area contributed by atoms with Crippen molar-refractivity contribution in [3.8, 4) is 11.5 Å². The summed E-state index contributed by atoms with van der Waals surface area (Å²) in [5.41, 5.74) is 5.42. The van der Waals surface area contributed by atoms with Gasteiger partial charge in [-0.1, -0.05) is 35.3 Å². The van der Waals surface area contributed by atoms with E-state index in [9.17, 15) is 9.59 Å². The van der Waals surface area contributed by atoms with Gasteiger partial charge < -0.3 is 14.4 Å². The van der Waals surface area contributed by atoms with Crippen molar-refractivity contribution in [1.29, 1.82) is 0 Å². The Kier molecular flexibility index (Phi) is 7.14. The van der Waals surface area contributed by atoms with E-state index < -0.39 is 0 Å². The Bertz CT molecular complexity index is 1250. The number of halogens is 2. The number of Topliss-reactive ketones (excluding diaryl/α,β-unsaturated/α-hetero) is 2. The highest BCUT2D eigenvalue weighted by atomic mass is 35.5. The summed E-state index contributed by atoms with van der Waals surface area (Å²) in [6, 6.07) is 11.0. The Morgan fingerprint density at radius 3 is 2.14 bits per heavy atom. The van der Waals surface area contributed by atoms with Gasteiger partial charge in [0.1, 0.15) is 6.61 Å². The van der Waals surface area contributed by atoms with Crippen LogP contribution < -0.4 is 9.47 Å². The molecule has 188 valence electrons. The van der Waals surface area contributed by atoms with E-state index in [2.05, 4.69) is 11.8 Å². The van der Waals surface area contributed by atoms with Crippen LogP contribution in [0.25, 0.3) is 0 Å². The predicted molar refractivity (Wildman–Crippen MR) is 141 cm³/mol. The molecule has 0 unspecified atom stereocenters. The zero-order chi connectivity index (χ0) is 25.4. The maximum absolute atomic E-state index is 13.3. The number of hydrogen-bond acceptors (Lipinski definition) is 5. The largest absolute Gasteiger partial charge is 0.493 e. The van der Waals surface area contributed by atoms with Crippen LogP contribution in [0, 0.1) is 0 Å². The molecule has 36 heavy (non-hydrogen) atoms. The summed E-state index contributed by atoms with van der Waals surface area (Å²) < 4.78 is 11.7. The molecular weight excluding hydrogens is 497 g/mol. The van der Waals surface area contributed by atoms with E-state index in [1.165, 1.54) is 0 Å². The summed E-state index contributed by atoms with van der Waals surface area (Å²) in [5, 5.41) is 1.10. The molecule has 0 N–H and O–H groups in total. The van der Waals surface area contributed by atoms with Gasteiger partial charge in [0.05, 0.1) is 7.11 Å². The van der Waals surface area contributed by atoms with Gasteiger partial charge in [0.25, 0.3) is 0 Å². The second-order valence-corrected chi connectivity index (χ2v) is 10.2. The number of nitrogens with zero attached hydrogens (tertiary/aromatic N) is 1. The van der Waals surface area contributed by atoms with E-state index in [4.69, 9.17) is 32.7 Å². The lowest BCUT2D eigenvalue weighted by molar-refractivity contribution is -0.117. The van der Waals surface area contributed by atoms with Gasteiger partial charge in [-0.05, 0) is 62.4 Å². The lowest BCUT2D eigenvalue weighted by Crippen LogP contribution is -2.39. The molecule has 0 aromatic heterocycles. The van der Waals surface area contributed by atoms with Crippen molar-refractivity contribution < 1.29 is 19.1 Å². The molecular formula is C29H29Cl2NO4. The smallest absolute Gasteiger partial charge is 0.161 e. The molecule has 7 heteroatoms. The van der Waals surface area contributed by atoms with Crippen LogP contribution in [0.4, 0.5) is 0 Å². The topological polar surface area (TPSA) is 55.8 Å². The van der Waals surface area contributed by atoms with E-state index in [1.807, 2.05) is 24.3 Å². The molecule has 0 spiro atoms. The summed E-state index contributed by atoms with van der Waals surface area (Å²) in [6.07, 6.45) is 4.45. The number of hydrogen-bond donors (Lipinski definition) is 0. The third-order valence-electron chi connectivity index (χ3n) is 7.32. The fraction of sp³-hybridized carbons (Fsp3) is 0.379. The molecule has 2 aromatic carbocycles. The van der Waals surface area contributed by atoms with Gasteiger partial charge in [0, 0.05) is 63.5 Å². The van der Waals surface area contributed by atoms with E-state index in [1.54, 1.807) is 19.2 Å². The van der Waals surface area contributed by atoms with Crippen LogP contribution in [0.3, 0.4) is 0 Å². The lowest BCUT2D eigenvalue weighted by Gasteiger charge is -2.43. The SMILES string of the molecule is CCN1C2=C(C(=O)CCC2)C(c2ccc(OCc3ccc(Cl)cc3Cl)c(OC)c2)C2=C1CCCC2=O. The number of carbonyl (C=O) groups is 2. The van der Waals surface area contributed by atoms with Crippen molar-refractivity contribution >= 4 is 34.8 Å². The van der Waals surface area contributed by atoms with Crippen molar-refractivity contribution in [1.82, 2.24) is 4.90 Å². The Balaban J connectivity index is 1.54. The highest BCUT2D eigenvalue weighted by molar-refractivity contribution is 6.35. The van der Waals surface area contributed by atoms with Gasteiger partial charge >= 0.3 is 0 Å². The van der Waals surface area contributed by atoms with Crippen LogP contribution in [0.2, 0.25) is 10.0 Å². The third-order valence-corrected chi connectivity index (χ3v) is 7.91. The van der Waals surface area contributed by atoms with Crippen LogP contribution in [0.15, 0.2) is 58.9 Å². The molecule has 5 nitrogen and oxygen atoms in total. The zero-order valence-electron chi connectivity index (χ0n) is 20.5. The fourth-order valence-corrected chi connectivity index (χ4v) is 6.17. The summed E-state index contributed by atoms with van der Waals surface area (Å²) in [6.45, 7) is 3.10. The molecule has 2 aromatic rings. The summed E-state index contributed by atoms with van der Waals surface area (Å²) in [4.78, 5) is 28.8. The quantitative estimate of drug-likeness (QED) is 0.405. The maximum Gasteiger partial charge on any atom is 0.161 e. The zero-order valence-corrected chi connectivity index (χ0v) is 22.0. The maximum atomic E-state index is 13.3. The molecule has 1 heterocycles. The third kappa shape index (κ3) is 4.44. The monoisotopic (exact) mass is 525 g/mol. The molecule has 0 fully saturated rings. The second kappa shape index (κ2) is 10.3. The molecule has 2 aliphatic carbocycles. The first kappa shape index (κ1) is 24.9. The fourth-order valence-electron chi connectivity index (χ4n) is 5.71. The number of allylic oxidation sites excluding steroid dienone is 4. The predicted octanol–water partition coefficient (Wildman–Crippen LogP) is 7.01. The first-order chi connectivity index (χ1) is 17.4. The van der Waals surface area contributed by atoms with Crippen molar-refractivity contribution in [2.45, 2.75) is 58.0 Å². The van der Waals surface area contributed by atoms with Gasteiger partial charge in [-0.25, -0.2) is 0 Å². The van der Waals surface area contributed by atoms with Crippen molar-refractivity contribution in [2.24, 2.45) is 0 Å². The number of carbonyl (C=O) groups excluding carboxylic acids is 2.